The molecule has 128 valence electrons. The average Bonchev–Trinajstić information content (AvgIpc) is 3.03. The number of aryl methyl sites for hydroxylation is 1. The molecule has 0 saturated carbocycles. The molecule has 8 heteroatoms. The number of nitrogens with zero attached hydrogens (tertiary/aromatic N) is 2. The summed E-state index contributed by atoms with van der Waals surface area (Å²) >= 11 is 0. The number of H-pyrrole nitrogens is 1. The molecule has 2 heterocycles. The highest BCUT2D eigenvalue weighted by atomic mass is 35.5. The van der Waals surface area contributed by atoms with E-state index >= 15 is 0 Å². The molecule has 0 spiro atoms. The van der Waals surface area contributed by atoms with Gasteiger partial charge in [0.25, 0.3) is 0 Å². The van der Waals surface area contributed by atoms with Crippen LogP contribution in [0.3, 0.4) is 0 Å². The zero-order valence-electron chi connectivity index (χ0n) is 13.1. The molecular weight excluding hydrogens is 339 g/mol. The quantitative estimate of drug-likeness (QED) is 0.772. The lowest BCUT2D eigenvalue weighted by atomic mass is 10.2. The van der Waals surface area contributed by atoms with Crippen molar-refractivity contribution in [1.29, 1.82) is 0 Å². The largest absolute Gasteiger partial charge is 0.392 e. The van der Waals surface area contributed by atoms with Crippen molar-refractivity contribution in [2.75, 3.05) is 13.6 Å². The zero-order chi connectivity index (χ0) is 15.0. The molecule has 0 radical (unpaired) electrons. The van der Waals surface area contributed by atoms with Crippen LogP contribution in [0.2, 0.25) is 0 Å². The van der Waals surface area contributed by atoms with Crippen LogP contribution in [0.5, 0.6) is 0 Å². The number of aromatic amines is 1. The van der Waals surface area contributed by atoms with Gasteiger partial charge in [-0.25, -0.2) is 4.98 Å². The third-order valence-electron chi connectivity index (χ3n) is 3.86. The molecule has 3 rings (SSSR count). The van der Waals surface area contributed by atoms with E-state index in [2.05, 4.69) is 15.3 Å². The molecule has 1 saturated heterocycles. The molecule has 0 bridgehead atoms. The highest BCUT2D eigenvalue weighted by Crippen LogP contribution is 2.15. The van der Waals surface area contributed by atoms with Gasteiger partial charge >= 0.3 is 0 Å². The number of nitrogens with one attached hydrogen (secondary N) is 2. The summed E-state index contributed by atoms with van der Waals surface area (Å²) in [4.78, 5) is 21.7. The van der Waals surface area contributed by atoms with Crippen molar-refractivity contribution in [3.63, 3.8) is 0 Å². The average molecular weight is 361 g/mol. The van der Waals surface area contributed by atoms with Gasteiger partial charge in [0.2, 0.25) is 5.91 Å². The van der Waals surface area contributed by atoms with E-state index in [1.807, 2.05) is 25.1 Å². The Hall–Kier alpha value is -1.34. The maximum atomic E-state index is 12.3. The first-order chi connectivity index (χ1) is 10.0. The van der Waals surface area contributed by atoms with Crippen LogP contribution in [0.1, 0.15) is 17.8 Å². The predicted octanol–water partition coefficient (Wildman–Crippen LogP) is 1.40. The summed E-state index contributed by atoms with van der Waals surface area (Å²) in [6.45, 7) is 2.95. The Morgan fingerprint density at radius 3 is 2.83 bits per heavy atom. The van der Waals surface area contributed by atoms with Crippen LogP contribution < -0.4 is 5.32 Å². The lowest BCUT2D eigenvalue weighted by molar-refractivity contribution is -0.132. The van der Waals surface area contributed by atoms with Gasteiger partial charge in [-0.05, 0) is 31.0 Å². The van der Waals surface area contributed by atoms with Crippen molar-refractivity contribution >= 4 is 41.8 Å². The van der Waals surface area contributed by atoms with Gasteiger partial charge in [0, 0.05) is 13.6 Å². The molecule has 0 unspecified atom stereocenters. The molecule has 1 fully saturated rings. The standard InChI is InChI=1S/C15H20N4O2.2ClH/c1-9-3-4-11-12(5-9)18-14(17-11)8-19(2)15(21)13-6-10(20)7-16-13;;/h3-5,10,13,16,20H,6-8H2,1-2H3,(H,17,18);2*1H/t10-,13-;;/m1../s1. The number of carbonyl (C=O) groups is 1. The molecule has 2 atom stereocenters. The Balaban J connectivity index is 0.00000132. The van der Waals surface area contributed by atoms with E-state index in [4.69, 9.17) is 0 Å². The van der Waals surface area contributed by atoms with Crippen LogP contribution >= 0.6 is 24.8 Å². The van der Waals surface area contributed by atoms with Crippen LogP contribution in [-0.4, -0.2) is 51.6 Å². The number of likely N-dealkylation sites (N-methyl/N-ethyl adjacent to an activating group) is 1. The molecule has 0 aliphatic carbocycles. The van der Waals surface area contributed by atoms with Crippen molar-refractivity contribution < 1.29 is 9.90 Å². The van der Waals surface area contributed by atoms with Gasteiger partial charge < -0.3 is 20.3 Å². The number of rotatable bonds is 3. The number of hydrogen-bond acceptors (Lipinski definition) is 4. The fraction of sp³-hybridized carbons (Fsp3) is 0.467. The van der Waals surface area contributed by atoms with E-state index in [-0.39, 0.29) is 36.8 Å². The monoisotopic (exact) mass is 360 g/mol. The Morgan fingerprint density at radius 1 is 1.43 bits per heavy atom. The number of β-amino-alcohol motifs (C(OH)–C–C–N with tert-alkyl or cyclic N) is 1. The summed E-state index contributed by atoms with van der Waals surface area (Å²) in [7, 11) is 1.76. The van der Waals surface area contributed by atoms with E-state index in [9.17, 15) is 9.90 Å². The smallest absolute Gasteiger partial charge is 0.239 e. The van der Waals surface area contributed by atoms with Gasteiger partial charge in [0.1, 0.15) is 5.82 Å². The van der Waals surface area contributed by atoms with Gasteiger partial charge in [-0.3, -0.25) is 4.79 Å². The molecule has 2 aromatic rings. The summed E-state index contributed by atoms with van der Waals surface area (Å²) in [6, 6.07) is 5.74. The summed E-state index contributed by atoms with van der Waals surface area (Å²) in [5, 5.41) is 12.5. The third kappa shape index (κ3) is 4.35. The summed E-state index contributed by atoms with van der Waals surface area (Å²) in [5.74, 6) is 0.758. The van der Waals surface area contributed by atoms with Gasteiger partial charge in [0.15, 0.2) is 0 Å². The normalized spacial score (nSPS) is 20.0. The topological polar surface area (TPSA) is 81.2 Å². The van der Waals surface area contributed by atoms with Gasteiger partial charge in [-0.2, -0.15) is 0 Å². The van der Waals surface area contributed by atoms with Gasteiger partial charge in [0.05, 0.1) is 29.7 Å². The Bertz CT molecular complexity index is 677. The molecule has 1 aliphatic rings. The zero-order valence-corrected chi connectivity index (χ0v) is 14.7. The Labute approximate surface area is 147 Å². The first-order valence-corrected chi connectivity index (χ1v) is 7.14. The number of imidazole rings is 1. The van der Waals surface area contributed by atoms with E-state index in [1.165, 1.54) is 5.56 Å². The van der Waals surface area contributed by atoms with Gasteiger partial charge in [-0.15, -0.1) is 24.8 Å². The molecule has 23 heavy (non-hydrogen) atoms. The summed E-state index contributed by atoms with van der Waals surface area (Å²) in [6.07, 6.45) is 0.0456. The molecule has 6 nitrogen and oxygen atoms in total. The fourth-order valence-corrected chi connectivity index (χ4v) is 2.72. The van der Waals surface area contributed by atoms with Crippen LogP contribution in [0, 0.1) is 6.92 Å². The van der Waals surface area contributed by atoms with Crippen molar-refractivity contribution in [3.8, 4) is 0 Å². The molecule has 1 aromatic carbocycles. The number of amides is 1. The highest BCUT2D eigenvalue weighted by Gasteiger charge is 2.30. The molecule has 3 N–H and O–H groups in total. The molecule has 1 aromatic heterocycles. The SMILES string of the molecule is Cc1ccc2nc(CN(C)C(=O)[C@H]3C[C@@H](O)CN3)[nH]c2c1.Cl.Cl. The van der Waals surface area contributed by atoms with Crippen molar-refractivity contribution in [1.82, 2.24) is 20.2 Å². The van der Waals surface area contributed by atoms with E-state index in [0.29, 0.717) is 19.5 Å². The number of carbonyl (C=O) groups excluding carboxylic acids is 1. The van der Waals surface area contributed by atoms with Crippen molar-refractivity contribution in [2.45, 2.75) is 32.0 Å². The lowest BCUT2D eigenvalue weighted by Crippen LogP contribution is -2.41. The molecule has 1 aliphatic heterocycles. The first-order valence-electron chi connectivity index (χ1n) is 7.14. The number of benzene rings is 1. The molecule has 1 amide bonds. The fourth-order valence-electron chi connectivity index (χ4n) is 2.72. The van der Waals surface area contributed by atoms with Crippen LogP contribution in [0.15, 0.2) is 18.2 Å². The molecular formula is C15H22Cl2N4O2. The Morgan fingerprint density at radius 2 is 2.17 bits per heavy atom. The summed E-state index contributed by atoms with van der Waals surface area (Å²) < 4.78 is 0. The van der Waals surface area contributed by atoms with Crippen LogP contribution in [0.4, 0.5) is 0 Å². The lowest BCUT2D eigenvalue weighted by Gasteiger charge is -2.19. The minimum atomic E-state index is -0.429. The van der Waals surface area contributed by atoms with Crippen LogP contribution in [0.25, 0.3) is 11.0 Å². The second-order valence-corrected chi connectivity index (χ2v) is 5.75. The Kier molecular flexibility index (Phi) is 6.83. The van der Waals surface area contributed by atoms with Crippen LogP contribution in [-0.2, 0) is 11.3 Å². The number of aliphatic hydroxyl groups excluding tert-OH is 1. The van der Waals surface area contributed by atoms with E-state index in [1.54, 1.807) is 11.9 Å². The number of aromatic nitrogens is 2. The maximum absolute atomic E-state index is 12.3. The van der Waals surface area contributed by atoms with E-state index in [0.717, 1.165) is 16.9 Å². The number of aliphatic hydroxyl groups is 1. The van der Waals surface area contributed by atoms with E-state index < -0.39 is 6.10 Å². The highest BCUT2D eigenvalue weighted by molar-refractivity contribution is 5.85. The minimum absolute atomic E-state index is 0. The predicted molar refractivity (Wildman–Crippen MR) is 94.2 cm³/mol. The number of halogens is 2. The number of fused-ring (bicyclic) bond motifs is 1. The second-order valence-electron chi connectivity index (χ2n) is 5.75. The summed E-state index contributed by atoms with van der Waals surface area (Å²) in [5.41, 5.74) is 3.07. The van der Waals surface area contributed by atoms with Crippen molar-refractivity contribution in [2.24, 2.45) is 0 Å². The second kappa shape index (κ2) is 7.97. The minimum Gasteiger partial charge on any atom is -0.392 e. The van der Waals surface area contributed by atoms with Crippen molar-refractivity contribution in [3.05, 3.63) is 29.6 Å². The third-order valence-corrected chi connectivity index (χ3v) is 3.86. The number of hydrogen-bond donors (Lipinski definition) is 3. The maximum Gasteiger partial charge on any atom is 0.239 e. The first kappa shape index (κ1) is 19.7. The van der Waals surface area contributed by atoms with Gasteiger partial charge in [-0.1, -0.05) is 6.07 Å².